The first-order valence-corrected chi connectivity index (χ1v) is 8.75. The number of anilines is 1. The summed E-state index contributed by atoms with van der Waals surface area (Å²) in [5.74, 6) is 0.304. The van der Waals surface area contributed by atoms with Crippen LogP contribution in [-0.2, 0) is 4.79 Å². The van der Waals surface area contributed by atoms with Crippen LogP contribution in [0.15, 0.2) is 66.2 Å². The monoisotopic (exact) mass is 383 g/mol. The highest BCUT2D eigenvalue weighted by Crippen LogP contribution is 2.29. The summed E-state index contributed by atoms with van der Waals surface area (Å²) in [5.41, 5.74) is 1.17. The van der Waals surface area contributed by atoms with E-state index in [1.54, 1.807) is 24.3 Å². The Hall–Kier alpha value is -4.29. The Balaban J connectivity index is 1.87. The molecule has 1 N–H and O–H groups in total. The van der Waals surface area contributed by atoms with Crippen molar-refractivity contribution in [2.24, 2.45) is 0 Å². The Kier molecular flexibility index (Phi) is 6.09. The van der Waals surface area contributed by atoms with Gasteiger partial charge in [0.25, 0.3) is 5.91 Å². The molecule has 3 aromatic rings. The van der Waals surface area contributed by atoms with Gasteiger partial charge in [0.15, 0.2) is 18.1 Å². The molecule has 6 nitrogen and oxygen atoms in total. The van der Waals surface area contributed by atoms with Gasteiger partial charge in [-0.2, -0.15) is 10.5 Å². The first-order valence-electron chi connectivity index (χ1n) is 8.75. The van der Waals surface area contributed by atoms with Crippen LogP contribution in [0.3, 0.4) is 0 Å². The normalized spacial score (nSPS) is 10.7. The lowest BCUT2D eigenvalue weighted by Crippen LogP contribution is -2.13. The number of hydrogen-bond donors (Lipinski definition) is 1. The summed E-state index contributed by atoms with van der Waals surface area (Å²) < 4.78 is 10.5. The molecule has 0 atom stereocenters. The van der Waals surface area contributed by atoms with E-state index in [-0.39, 0.29) is 12.2 Å². The van der Waals surface area contributed by atoms with Gasteiger partial charge in [0, 0.05) is 11.1 Å². The van der Waals surface area contributed by atoms with E-state index < -0.39 is 5.91 Å². The van der Waals surface area contributed by atoms with Gasteiger partial charge in [-0.25, -0.2) is 0 Å². The summed E-state index contributed by atoms with van der Waals surface area (Å²) in [6, 6.07) is 22.0. The lowest BCUT2D eigenvalue weighted by atomic mass is 10.1. The van der Waals surface area contributed by atoms with Gasteiger partial charge >= 0.3 is 0 Å². The number of methoxy groups -OCH3 is 1. The van der Waals surface area contributed by atoms with Crippen LogP contribution >= 0.6 is 0 Å². The predicted molar refractivity (Wildman–Crippen MR) is 110 cm³/mol. The molecule has 0 heterocycles. The van der Waals surface area contributed by atoms with Crippen molar-refractivity contribution in [2.45, 2.75) is 0 Å². The zero-order valence-corrected chi connectivity index (χ0v) is 15.7. The highest BCUT2D eigenvalue weighted by molar-refractivity contribution is 6.12. The number of carbonyl (C=O) groups is 1. The Labute approximate surface area is 168 Å². The highest BCUT2D eigenvalue weighted by atomic mass is 16.5. The molecule has 0 saturated carbocycles. The standard InChI is InChI=1S/C23H17N3O3/c1-28-22-14-16(9-10-21(22)29-12-11-24)13-18(15-25)23(27)26-20-8-4-6-17-5-2-3-7-19(17)20/h2-10,13-14H,12H2,1H3,(H,26,27)/b18-13+. The van der Waals surface area contributed by atoms with E-state index >= 15 is 0 Å². The van der Waals surface area contributed by atoms with Crippen LogP contribution < -0.4 is 14.8 Å². The van der Waals surface area contributed by atoms with Gasteiger partial charge in [0.05, 0.1) is 7.11 Å². The van der Waals surface area contributed by atoms with Crippen molar-refractivity contribution in [2.75, 3.05) is 19.0 Å². The first-order chi connectivity index (χ1) is 14.2. The molecular weight excluding hydrogens is 366 g/mol. The minimum absolute atomic E-state index is 0.0503. The zero-order valence-electron chi connectivity index (χ0n) is 15.7. The van der Waals surface area contributed by atoms with Gasteiger partial charge < -0.3 is 14.8 Å². The second-order valence-corrected chi connectivity index (χ2v) is 6.01. The number of ether oxygens (including phenoxy) is 2. The van der Waals surface area contributed by atoms with Crippen LogP contribution in [0.4, 0.5) is 5.69 Å². The molecule has 29 heavy (non-hydrogen) atoms. The zero-order chi connectivity index (χ0) is 20.6. The maximum absolute atomic E-state index is 12.7. The molecule has 0 radical (unpaired) electrons. The van der Waals surface area contributed by atoms with Crippen LogP contribution in [0.1, 0.15) is 5.56 Å². The molecule has 0 aromatic heterocycles. The fraction of sp³-hybridized carbons (Fsp3) is 0.0870. The van der Waals surface area contributed by atoms with Gasteiger partial charge in [-0.3, -0.25) is 4.79 Å². The number of carbonyl (C=O) groups excluding carboxylic acids is 1. The molecule has 0 aliphatic carbocycles. The molecule has 6 heteroatoms. The number of fused-ring (bicyclic) bond motifs is 1. The molecule has 0 unspecified atom stereocenters. The van der Waals surface area contributed by atoms with Crippen molar-refractivity contribution in [3.8, 4) is 23.6 Å². The minimum Gasteiger partial charge on any atom is -0.493 e. The summed E-state index contributed by atoms with van der Waals surface area (Å²) >= 11 is 0. The van der Waals surface area contributed by atoms with Gasteiger partial charge in [0.1, 0.15) is 17.7 Å². The highest BCUT2D eigenvalue weighted by Gasteiger charge is 2.12. The summed E-state index contributed by atoms with van der Waals surface area (Å²) in [6.07, 6.45) is 1.47. The third kappa shape index (κ3) is 4.52. The summed E-state index contributed by atoms with van der Waals surface area (Å²) in [6.45, 7) is -0.109. The summed E-state index contributed by atoms with van der Waals surface area (Å²) in [7, 11) is 1.47. The van der Waals surface area contributed by atoms with Crippen molar-refractivity contribution >= 4 is 28.4 Å². The molecule has 3 rings (SSSR count). The van der Waals surface area contributed by atoms with Crippen LogP contribution in [0, 0.1) is 22.7 Å². The Bertz CT molecular complexity index is 1160. The van der Waals surface area contributed by atoms with E-state index in [0.717, 1.165) is 10.8 Å². The van der Waals surface area contributed by atoms with Gasteiger partial charge in [0.2, 0.25) is 0 Å². The van der Waals surface area contributed by atoms with Crippen molar-refractivity contribution in [1.82, 2.24) is 0 Å². The van der Waals surface area contributed by atoms with E-state index in [0.29, 0.717) is 22.7 Å². The Morgan fingerprint density at radius 3 is 2.62 bits per heavy atom. The van der Waals surface area contributed by atoms with E-state index in [9.17, 15) is 10.1 Å². The van der Waals surface area contributed by atoms with Gasteiger partial charge in [-0.05, 0) is 35.2 Å². The van der Waals surface area contributed by atoms with Crippen molar-refractivity contribution in [3.05, 3.63) is 71.8 Å². The fourth-order valence-corrected chi connectivity index (χ4v) is 2.84. The molecule has 0 aliphatic rings. The van der Waals surface area contributed by atoms with Crippen molar-refractivity contribution < 1.29 is 14.3 Å². The molecule has 0 aliphatic heterocycles. The molecule has 0 bridgehead atoms. The molecule has 0 fully saturated rings. The van der Waals surface area contributed by atoms with Gasteiger partial charge in [-0.1, -0.05) is 42.5 Å². The maximum atomic E-state index is 12.7. The number of nitriles is 2. The smallest absolute Gasteiger partial charge is 0.266 e. The number of rotatable bonds is 6. The summed E-state index contributed by atoms with van der Waals surface area (Å²) in [4.78, 5) is 12.7. The second kappa shape index (κ2) is 9.07. The van der Waals surface area contributed by atoms with E-state index in [4.69, 9.17) is 14.7 Å². The SMILES string of the molecule is COc1cc(/C=C(\C#N)C(=O)Nc2cccc3ccccc23)ccc1OCC#N. The third-order valence-electron chi connectivity index (χ3n) is 4.19. The maximum Gasteiger partial charge on any atom is 0.266 e. The van der Waals surface area contributed by atoms with Crippen LogP contribution in [0.5, 0.6) is 11.5 Å². The van der Waals surface area contributed by atoms with Crippen molar-refractivity contribution in [1.29, 1.82) is 10.5 Å². The Morgan fingerprint density at radius 2 is 1.86 bits per heavy atom. The quantitative estimate of drug-likeness (QED) is 0.506. The molecule has 142 valence electrons. The average Bonchev–Trinajstić information content (AvgIpc) is 2.76. The Morgan fingerprint density at radius 1 is 1.07 bits per heavy atom. The number of nitrogens with one attached hydrogen (secondary N) is 1. The average molecular weight is 383 g/mol. The number of nitrogens with zero attached hydrogens (tertiary/aromatic N) is 2. The number of benzene rings is 3. The summed E-state index contributed by atoms with van der Waals surface area (Å²) in [5, 5.41) is 22.8. The van der Waals surface area contributed by atoms with E-state index in [1.807, 2.05) is 48.5 Å². The minimum atomic E-state index is -0.507. The fourth-order valence-electron chi connectivity index (χ4n) is 2.84. The number of hydrogen-bond acceptors (Lipinski definition) is 5. The molecule has 0 saturated heterocycles. The molecule has 0 spiro atoms. The largest absolute Gasteiger partial charge is 0.493 e. The van der Waals surface area contributed by atoms with E-state index in [1.165, 1.54) is 13.2 Å². The predicted octanol–water partition coefficient (Wildman–Crippen LogP) is 4.30. The topological polar surface area (TPSA) is 95.1 Å². The second-order valence-electron chi connectivity index (χ2n) is 6.01. The lowest BCUT2D eigenvalue weighted by molar-refractivity contribution is -0.112. The van der Waals surface area contributed by atoms with E-state index in [2.05, 4.69) is 5.32 Å². The molecule has 1 amide bonds. The van der Waals surface area contributed by atoms with Crippen molar-refractivity contribution in [3.63, 3.8) is 0 Å². The number of amides is 1. The third-order valence-corrected chi connectivity index (χ3v) is 4.19. The van der Waals surface area contributed by atoms with Crippen LogP contribution in [0.25, 0.3) is 16.8 Å². The lowest BCUT2D eigenvalue weighted by Gasteiger charge is -2.10. The van der Waals surface area contributed by atoms with Crippen LogP contribution in [0.2, 0.25) is 0 Å². The van der Waals surface area contributed by atoms with Gasteiger partial charge in [-0.15, -0.1) is 0 Å². The molecule has 3 aromatic carbocycles. The first kappa shape index (κ1) is 19.5. The molecular formula is C23H17N3O3. The van der Waals surface area contributed by atoms with Crippen LogP contribution in [-0.4, -0.2) is 19.6 Å².